The number of hydrogen-bond acceptors (Lipinski definition) is 4. The van der Waals surface area contributed by atoms with Crippen molar-refractivity contribution in [1.29, 1.82) is 0 Å². The van der Waals surface area contributed by atoms with E-state index in [0.717, 1.165) is 0 Å². The van der Waals surface area contributed by atoms with Crippen LogP contribution in [0.15, 0.2) is 18.2 Å². The number of benzene rings is 1. The lowest BCUT2D eigenvalue weighted by Crippen LogP contribution is -2.41. The molecule has 7 heteroatoms. The average molecular weight is 341 g/mol. The van der Waals surface area contributed by atoms with Crippen LogP contribution in [0, 0.1) is 5.92 Å². The maximum Gasteiger partial charge on any atom is 0.337 e. The molecule has 0 fully saturated rings. The zero-order valence-electron chi connectivity index (χ0n) is 13.7. The summed E-state index contributed by atoms with van der Waals surface area (Å²) in [5, 5.41) is 3.01. The molecule has 6 nitrogen and oxygen atoms in total. The van der Waals surface area contributed by atoms with Gasteiger partial charge < -0.3 is 15.0 Å². The van der Waals surface area contributed by atoms with Gasteiger partial charge in [0, 0.05) is 13.5 Å². The predicted molar refractivity (Wildman–Crippen MR) is 88.7 cm³/mol. The van der Waals surface area contributed by atoms with Gasteiger partial charge in [0.2, 0.25) is 11.8 Å². The summed E-state index contributed by atoms with van der Waals surface area (Å²) in [6, 6.07) is 4.42. The second-order valence-electron chi connectivity index (χ2n) is 5.46. The third-order valence-corrected chi connectivity index (χ3v) is 3.37. The Morgan fingerprint density at radius 2 is 1.96 bits per heavy atom. The van der Waals surface area contributed by atoms with Crippen molar-refractivity contribution in [3.63, 3.8) is 0 Å². The van der Waals surface area contributed by atoms with Crippen molar-refractivity contribution >= 4 is 35.1 Å². The first-order chi connectivity index (χ1) is 10.8. The van der Waals surface area contributed by atoms with E-state index < -0.39 is 5.97 Å². The lowest BCUT2D eigenvalue weighted by Gasteiger charge is -2.22. The molecule has 0 aliphatic carbocycles. The summed E-state index contributed by atoms with van der Waals surface area (Å²) >= 11 is 6.12. The Labute approximate surface area is 140 Å². The number of carbonyl (C=O) groups is 3. The first kappa shape index (κ1) is 19.0. The van der Waals surface area contributed by atoms with E-state index in [4.69, 9.17) is 11.6 Å². The Hall–Kier alpha value is -2.08. The molecule has 0 bridgehead atoms. The van der Waals surface area contributed by atoms with Crippen LogP contribution in [-0.4, -0.2) is 38.0 Å². The SMILES string of the molecule is COC(=O)c1ccc(Cl)c(N(CC(=O)NCC(C)C)C(C)=O)c1. The number of anilines is 1. The van der Waals surface area contributed by atoms with E-state index in [-0.39, 0.29) is 28.9 Å². The number of halogens is 1. The molecule has 2 amide bonds. The van der Waals surface area contributed by atoms with Crippen molar-refractivity contribution < 1.29 is 19.1 Å². The summed E-state index contributed by atoms with van der Waals surface area (Å²) in [6.45, 7) is 5.61. The van der Waals surface area contributed by atoms with Gasteiger partial charge in [0.05, 0.1) is 23.4 Å². The summed E-state index contributed by atoms with van der Waals surface area (Å²) in [4.78, 5) is 36.7. The van der Waals surface area contributed by atoms with E-state index in [9.17, 15) is 14.4 Å². The zero-order chi connectivity index (χ0) is 17.6. The summed E-state index contributed by atoms with van der Waals surface area (Å²) in [5.74, 6) is -0.895. The van der Waals surface area contributed by atoms with Crippen molar-refractivity contribution in [1.82, 2.24) is 5.32 Å². The first-order valence-corrected chi connectivity index (χ1v) is 7.56. The molecular weight excluding hydrogens is 320 g/mol. The number of esters is 1. The molecule has 1 aromatic rings. The fraction of sp³-hybridized carbons (Fsp3) is 0.438. The Bertz CT molecular complexity index is 602. The van der Waals surface area contributed by atoms with Gasteiger partial charge in [-0.05, 0) is 24.1 Å². The van der Waals surface area contributed by atoms with E-state index in [1.807, 2.05) is 13.8 Å². The Balaban J connectivity index is 3.03. The van der Waals surface area contributed by atoms with E-state index in [2.05, 4.69) is 10.1 Å². The third-order valence-electron chi connectivity index (χ3n) is 3.05. The highest BCUT2D eigenvalue weighted by atomic mass is 35.5. The fourth-order valence-electron chi connectivity index (χ4n) is 1.85. The number of nitrogens with one attached hydrogen (secondary N) is 1. The number of rotatable bonds is 6. The van der Waals surface area contributed by atoms with Crippen molar-refractivity contribution in [2.75, 3.05) is 25.1 Å². The quantitative estimate of drug-likeness (QED) is 0.806. The van der Waals surface area contributed by atoms with Gasteiger partial charge in [-0.1, -0.05) is 25.4 Å². The molecule has 0 radical (unpaired) electrons. The van der Waals surface area contributed by atoms with Crippen LogP contribution in [-0.2, 0) is 14.3 Å². The normalized spacial score (nSPS) is 10.3. The van der Waals surface area contributed by atoms with Gasteiger partial charge in [0.1, 0.15) is 6.54 Å². The van der Waals surface area contributed by atoms with Crippen LogP contribution in [0.4, 0.5) is 5.69 Å². The lowest BCUT2D eigenvalue weighted by atomic mass is 10.2. The first-order valence-electron chi connectivity index (χ1n) is 7.19. The minimum Gasteiger partial charge on any atom is -0.465 e. The maximum absolute atomic E-state index is 12.0. The minimum atomic E-state index is -0.546. The van der Waals surface area contributed by atoms with Crippen molar-refractivity contribution in [2.24, 2.45) is 5.92 Å². The molecule has 0 unspecified atom stereocenters. The zero-order valence-corrected chi connectivity index (χ0v) is 14.4. The van der Waals surface area contributed by atoms with E-state index in [1.165, 1.54) is 37.1 Å². The van der Waals surface area contributed by atoms with Gasteiger partial charge in [-0.15, -0.1) is 0 Å². The highest BCUT2D eigenvalue weighted by Gasteiger charge is 2.20. The standard InChI is InChI=1S/C16H21ClN2O4/c1-10(2)8-18-15(21)9-19(11(3)20)14-7-12(16(22)23-4)5-6-13(14)17/h5-7,10H,8-9H2,1-4H3,(H,18,21). The fourth-order valence-corrected chi connectivity index (χ4v) is 2.07. The smallest absolute Gasteiger partial charge is 0.337 e. The largest absolute Gasteiger partial charge is 0.465 e. The number of carbonyl (C=O) groups excluding carboxylic acids is 3. The van der Waals surface area contributed by atoms with Crippen LogP contribution in [0.2, 0.25) is 5.02 Å². The molecule has 0 aliphatic heterocycles. The second-order valence-corrected chi connectivity index (χ2v) is 5.87. The Morgan fingerprint density at radius 1 is 1.30 bits per heavy atom. The molecule has 126 valence electrons. The number of amides is 2. The number of methoxy groups -OCH3 is 1. The van der Waals surface area contributed by atoms with Gasteiger partial charge in [-0.3, -0.25) is 9.59 Å². The number of nitrogens with zero attached hydrogens (tertiary/aromatic N) is 1. The molecule has 1 aromatic carbocycles. The molecule has 0 atom stereocenters. The predicted octanol–water partition coefficient (Wildman–Crippen LogP) is 2.25. The van der Waals surface area contributed by atoms with E-state index >= 15 is 0 Å². The molecule has 0 aliphatic rings. The van der Waals surface area contributed by atoms with Crippen LogP contribution in [0.25, 0.3) is 0 Å². The summed E-state index contributed by atoms with van der Waals surface area (Å²) < 4.78 is 4.65. The molecule has 0 spiro atoms. The van der Waals surface area contributed by atoms with Gasteiger partial charge in [0.25, 0.3) is 0 Å². The van der Waals surface area contributed by atoms with Crippen molar-refractivity contribution in [3.8, 4) is 0 Å². The second kappa shape index (κ2) is 8.53. The monoisotopic (exact) mass is 340 g/mol. The average Bonchev–Trinajstić information content (AvgIpc) is 2.50. The Morgan fingerprint density at radius 3 is 2.48 bits per heavy atom. The van der Waals surface area contributed by atoms with E-state index in [0.29, 0.717) is 18.2 Å². The molecule has 0 saturated carbocycles. The van der Waals surface area contributed by atoms with Crippen LogP contribution in [0.3, 0.4) is 0 Å². The maximum atomic E-state index is 12.0. The number of hydrogen-bond donors (Lipinski definition) is 1. The molecule has 0 saturated heterocycles. The highest BCUT2D eigenvalue weighted by molar-refractivity contribution is 6.34. The van der Waals surface area contributed by atoms with Crippen molar-refractivity contribution in [2.45, 2.75) is 20.8 Å². The molecule has 0 aromatic heterocycles. The summed E-state index contributed by atoms with van der Waals surface area (Å²) in [5.41, 5.74) is 0.544. The minimum absolute atomic E-state index is 0.174. The third kappa shape index (κ3) is 5.56. The highest BCUT2D eigenvalue weighted by Crippen LogP contribution is 2.27. The number of ether oxygens (including phenoxy) is 1. The van der Waals surface area contributed by atoms with Crippen LogP contribution >= 0.6 is 11.6 Å². The molecule has 23 heavy (non-hydrogen) atoms. The molecule has 0 heterocycles. The van der Waals surface area contributed by atoms with Crippen LogP contribution in [0.5, 0.6) is 0 Å². The van der Waals surface area contributed by atoms with E-state index in [1.54, 1.807) is 0 Å². The molecular formula is C16H21ClN2O4. The van der Waals surface area contributed by atoms with Gasteiger partial charge in [-0.25, -0.2) is 4.79 Å². The summed E-state index contributed by atoms with van der Waals surface area (Å²) in [6.07, 6.45) is 0. The van der Waals surface area contributed by atoms with Crippen LogP contribution in [0.1, 0.15) is 31.1 Å². The van der Waals surface area contributed by atoms with Gasteiger partial charge in [-0.2, -0.15) is 0 Å². The van der Waals surface area contributed by atoms with Crippen molar-refractivity contribution in [3.05, 3.63) is 28.8 Å². The van der Waals surface area contributed by atoms with Gasteiger partial charge in [0.15, 0.2) is 0 Å². The topological polar surface area (TPSA) is 75.7 Å². The molecule has 1 N–H and O–H groups in total. The van der Waals surface area contributed by atoms with Gasteiger partial charge >= 0.3 is 5.97 Å². The van der Waals surface area contributed by atoms with Crippen LogP contribution < -0.4 is 10.2 Å². The molecule has 1 rings (SSSR count). The lowest BCUT2D eigenvalue weighted by molar-refractivity contribution is -0.123. The Kier molecular flexibility index (Phi) is 7.03. The summed E-state index contributed by atoms with van der Waals surface area (Å²) in [7, 11) is 1.26.